The summed E-state index contributed by atoms with van der Waals surface area (Å²) < 4.78 is 0. The molecule has 1 saturated carbocycles. The van der Waals surface area contributed by atoms with Gasteiger partial charge in [0.25, 0.3) is 0 Å². The Morgan fingerprint density at radius 2 is 1.89 bits per heavy atom. The van der Waals surface area contributed by atoms with Crippen molar-refractivity contribution in [1.82, 2.24) is 4.90 Å². The zero-order valence-corrected chi connectivity index (χ0v) is 13.8. The predicted molar refractivity (Wildman–Crippen MR) is 81.3 cm³/mol. The van der Waals surface area contributed by atoms with E-state index in [2.05, 4.69) is 25.7 Å². The molecule has 0 aromatic rings. The zero-order valence-electron chi connectivity index (χ0n) is 13.0. The normalized spacial score (nSPS) is 32.9. The molecular weight excluding hydrogens is 260 g/mol. The lowest BCUT2D eigenvalue weighted by Crippen LogP contribution is -2.47. The molecule has 2 N–H and O–H groups in total. The Balaban J connectivity index is 0.00000180. The van der Waals surface area contributed by atoms with Gasteiger partial charge in [0.2, 0.25) is 5.91 Å². The lowest BCUT2D eigenvalue weighted by atomic mass is 9.65. The standard InChI is InChI=1S/C15H28N2O.ClH/c1-13(2)6-11-7-15(5,8-13)10-17(11)12(18)14(3,4)9-16;/h11H,6-10,16H2,1-5H3;1H. The van der Waals surface area contributed by atoms with Crippen LogP contribution in [0.1, 0.15) is 53.9 Å². The number of halogens is 1. The van der Waals surface area contributed by atoms with Gasteiger partial charge in [0.15, 0.2) is 0 Å². The molecule has 19 heavy (non-hydrogen) atoms. The van der Waals surface area contributed by atoms with Crippen LogP contribution in [0.25, 0.3) is 0 Å². The highest BCUT2D eigenvalue weighted by Crippen LogP contribution is 2.53. The second-order valence-corrected chi connectivity index (χ2v) is 8.23. The summed E-state index contributed by atoms with van der Waals surface area (Å²) in [6.07, 6.45) is 3.53. The molecule has 112 valence electrons. The van der Waals surface area contributed by atoms with E-state index in [1.807, 2.05) is 13.8 Å². The fourth-order valence-electron chi connectivity index (χ4n) is 4.17. The van der Waals surface area contributed by atoms with E-state index >= 15 is 0 Å². The molecule has 2 unspecified atom stereocenters. The third-order valence-electron chi connectivity index (χ3n) is 4.76. The summed E-state index contributed by atoms with van der Waals surface area (Å²) >= 11 is 0. The molecule has 1 aliphatic carbocycles. The number of nitrogens with zero attached hydrogens (tertiary/aromatic N) is 1. The average molecular weight is 289 g/mol. The van der Waals surface area contributed by atoms with Gasteiger partial charge in [-0.3, -0.25) is 4.79 Å². The first-order valence-corrected chi connectivity index (χ1v) is 7.10. The summed E-state index contributed by atoms with van der Waals surface area (Å²) in [7, 11) is 0. The minimum atomic E-state index is -0.419. The molecule has 1 aliphatic heterocycles. The lowest BCUT2D eigenvalue weighted by Gasteiger charge is -2.40. The topological polar surface area (TPSA) is 46.3 Å². The molecule has 0 spiro atoms. The van der Waals surface area contributed by atoms with Crippen LogP contribution in [0, 0.1) is 16.2 Å². The van der Waals surface area contributed by atoms with Crippen molar-refractivity contribution >= 4 is 18.3 Å². The Bertz CT molecular complexity index is 367. The molecule has 2 aliphatic rings. The van der Waals surface area contributed by atoms with Gasteiger partial charge in [0.05, 0.1) is 5.41 Å². The molecular formula is C15H29ClN2O. The molecule has 2 atom stereocenters. The van der Waals surface area contributed by atoms with Crippen molar-refractivity contribution in [2.45, 2.75) is 59.9 Å². The van der Waals surface area contributed by atoms with Gasteiger partial charge in [-0.2, -0.15) is 0 Å². The monoisotopic (exact) mass is 288 g/mol. The van der Waals surface area contributed by atoms with Crippen molar-refractivity contribution in [3.8, 4) is 0 Å². The number of amides is 1. The molecule has 1 amide bonds. The maximum absolute atomic E-state index is 12.6. The molecule has 4 heteroatoms. The maximum atomic E-state index is 12.6. The first kappa shape index (κ1) is 16.8. The van der Waals surface area contributed by atoms with Crippen molar-refractivity contribution in [3.63, 3.8) is 0 Å². The molecule has 2 fully saturated rings. The number of nitrogens with two attached hydrogens (primary N) is 1. The molecule has 3 nitrogen and oxygen atoms in total. The Morgan fingerprint density at radius 1 is 1.32 bits per heavy atom. The highest BCUT2D eigenvalue weighted by atomic mass is 35.5. The third kappa shape index (κ3) is 3.08. The third-order valence-corrected chi connectivity index (χ3v) is 4.76. The predicted octanol–water partition coefficient (Wildman–Crippen LogP) is 2.82. The van der Waals surface area contributed by atoms with Crippen LogP contribution in [0.2, 0.25) is 0 Å². The zero-order chi connectivity index (χ0) is 13.8. The van der Waals surface area contributed by atoms with Crippen LogP contribution < -0.4 is 5.73 Å². The molecule has 0 aromatic heterocycles. The van der Waals surface area contributed by atoms with Crippen molar-refractivity contribution in [1.29, 1.82) is 0 Å². The van der Waals surface area contributed by atoms with Crippen LogP contribution >= 0.6 is 12.4 Å². The largest absolute Gasteiger partial charge is 0.339 e. The molecule has 0 aromatic carbocycles. The van der Waals surface area contributed by atoms with Gasteiger partial charge in [-0.05, 0) is 43.9 Å². The second kappa shape index (κ2) is 4.92. The molecule has 1 saturated heterocycles. The maximum Gasteiger partial charge on any atom is 0.229 e. The van der Waals surface area contributed by atoms with Crippen LogP contribution in [-0.4, -0.2) is 29.9 Å². The molecule has 2 bridgehead atoms. The quantitative estimate of drug-likeness (QED) is 0.849. The van der Waals surface area contributed by atoms with Crippen LogP contribution in [-0.2, 0) is 4.79 Å². The van der Waals surface area contributed by atoms with Crippen LogP contribution in [0.15, 0.2) is 0 Å². The van der Waals surface area contributed by atoms with Gasteiger partial charge < -0.3 is 10.6 Å². The smallest absolute Gasteiger partial charge is 0.229 e. The highest BCUT2D eigenvalue weighted by molar-refractivity contribution is 5.85. The van der Waals surface area contributed by atoms with Gasteiger partial charge in [0, 0.05) is 19.1 Å². The number of carbonyl (C=O) groups is 1. The first-order valence-electron chi connectivity index (χ1n) is 7.10. The van der Waals surface area contributed by atoms with E-state index in [-0.39, 0.29) is 18.3 Å². The van der Waals surface area contributed by atoms with Gasteiger partial charge in [-0.1, -0.05) is 20.8 Å². The number of fused-ring (bicyclic) bond motifs is 2. The van der Waals surface area contributed by atoms with Crippen molar-refractivity contribution in [2.24, 2.45) is 22.0 Å². The van der Waals surface area contributed by atoms with Crippen LogP contribution in [0.3, 0.4) is 0 Å². The van der Waals surface area contributed by atoms with Crippen LogP contribution in [0.4, 0.5) is 0 Å². The van der Waals surface area contributed by atoms with Crippen molar-refractivity contribution in [3.05, 3.63) is 0 Å². The van der Waals surface area contributed by atoms with E-state index in [9.17, 15) is 4.79 Å². The van der Waals surface area contributed by atoms with Crippen molar-refractivity contribution < 1.29 is 4.79 Å². The fourth-order valence-corrected chi connectivity index (χ4v) is 4.17. The van der Waals surface area contributed by atoms with Gasteiger partial charge in [-0.15, -0.1) is 12.4 Å². The SMILES string of the molecule is CC1(C)CC2CC(C)(CN2C(=O)C(C)(C)CN)C1.Cl. The van der Waals surface area contributed by atoms with Crippen LogP contribution in [0.5, 0.6) is 0 Å². The summed E-state index contributed by atoms with van der Waals surface area (Å²) in [6.45, 7) is 12.3. The van der Waals surface area contributed by atoms with E-state index in [1.54, 1.807) is 0 Å². The Morgan fingerprint density at radius 3 is 2.42 bits per heavy atom. The van der Waals surface area contributed by atoms with Gasteiger partial charge >= 0.3 is 0 Å². The second-order valence-electron chi connectivity index (χ2n) is 8.23. The number of carbonyl (C=O) groups excluding carboxylic acids is 1. The minimum Gasteiger partial charge on any atom is -0.339 e. The van der Waals surface area contributed by atoms with E-state index < -0.39 is 5.41 Å². The average Bonchev–Trinajstić information content (AvgIpc) is 2.46. The summed E-state index contributed by atoms with van der Waals surface area (Å²) in [6, 6.07) is 0.428. The number of rotatable bonds is 2. The highest BCUT2D eigenvalue weighted by Gasteiger charge is 2.52. The van der Waals surface area contributed by atoms with E-state index in [0.29, 0.717) is 23.4 Å². The van der Waals surface area contributed by atoms with Gasteiger partial charge in [-0.25, -0.2) is 0 Å². The van der Waals surface area contributed by atoms with E-state index in [4.69, 9.17) is 5.73 Å². The molecule has 1 heterocycles. The molecule has 0 radical (unpaired) electrons. The summed E-state index contributed by atoms with van der Waals surface area (Å²) in [5.74, 6) is 0.247. The summed E-state index contributed by atoms with van der Waals surface area (Å²) in [4.78, 5) is 14.8. The number of hydrogen-bond acceptors (Lipinski definition) is 2. The van der Waals surface area contributed by atoms with Crippen molar-refractivity contribution in [2.75, 3.05) is 13.1 Å². The van der Waals surface area contributed by atoms with E-state index in [1.165, 1.54) is 12.8 Å². The Kier molecular flexibility index (Phi) is 4.35. The molecule has 2 rings (SSSR count). The fraction of sp³-hybridized carbons (Fsp3) is 0.933. The summed E-state index contributed by atoms with van der Waals surface area (Å²) in [5, 5.41) is 0. The first-order chi connectivity index (χ1) is 8.09. The van der Waals surface area contributed by atoms with E-state index in [0.717, 1.165) is 13.0 Å². The van der Waals surface area contributed by atoms with Gasteiger partial charge in [0.1, 0.15) is 0 Å². The number of hydrogen-bond donors (Lipinski definition) is 1. The Labute approximate surface area is 123 Å². The number of likely N-dealkylation sites (tertiary alicyclic amines) is 1. The summed E-state index contributed by atoms with van der Waals surface area (Å²) in [5.41, 5.74) is 6.00. The lowest BCUT2D eigenvalue weighted by molar-refractivity contribution is -0.141. The minimum absolute atomic E-state index is 0. The Hall–Kier alpha value is -0.280.